The van der Waals surface area contributed by atoms with Gasteiger partial charge in [-0.05, 0) is 105 Å². The number of rotatable bonds is 14. The van der Waals surface area contributed by atoms with Crippen molar-refractivity contribution >= 4 is 56.7 Å². The average molecular weight is 865 g/mol. The maximum atomic E-state index is 10.3. The molecular weight excluding hydrogens is 811 g/mol. The van der Waals surface area contributed by atoms with Gasteiger partial charge in [0.05, 0.1) is 44.0 Å². The van der Waals surface area contributed by atoms with Crippen molar-refractivity contribution in [2.75, 3.05) is 34.1 Å². The second-order valence-electron chi connectivity index (χ2n) is 12.2. The fraction of sp³-hybridized carbons (Fsp3) is 0.267. The van der Waals surface area contributed by atoms with Gasteiger partial charge in [0.25, 0.3) is 0 Å². The zero-order valence-corrected chi connectivity index (χ0v) is 35.7. The van der Waals surface area contributed by atoms with E-state index in [2.05, 4.69) is 131 Å². The molecule has 53 heavy (non-hydrogen) atoms. The van der Waals surface area contributed by atoms with E-state index in [0.29, 0.717) is 32.3 Å². The Kier molecular flexibility index (Phi) is 24.0. The normalized spacial score (nSPS) is 11.2. The van der Waals surface area contributed by atoms with Crippen LogP contribution in [-0.4, -0.2) is 40.4 Å². The summed E-state index contributed by atoms with van der Waals surface area (Å²) in [5, 5.41) is 2.88. The molecule has 0 N–H and O–H groups in total. The average Bonchev–Trinajstić information content (AvgIpc) is 3.19. The summed E-state index contributed by atoms with van der Waals surface area (Å²) in [6, 6.07) is 47.2. The minimum atomic E-state index is -0.171. The smallest absolute Gasteiger partial charge is 0.125 e. The summed E-state index contributed by atoms with van der Waals surface area (Å²) in [6.45, 7) is 10.7. The lowest BCUT2D eigenvalue weighted by Crippen LogP contribution is -2.09. The lowest BCUT2D eigenvalue weighted by molar-refractivity contribution is -0.112. The molecule has 8 heteroatoms. The third kappa shape index (κ3) is 21.0. The highest BCUT2D eigenvalue weighted by Crippen LogP contribution is 2.27. The Labute approximate surface area is 335 Å². The molecule has 0 fully saturated rings. The van der Waals surface area contributed by atoms with Crippen LogP contribution in [0.1, 0.15) is 30.5 Å². The molecule has 0 spiro atoms. The van der Waals surface area contributed by atoms with Crippen molar-refractivity contribution in [1.29, 1.82) is 0 Å². The molecule has 0 amide bonds. The first-order chi connectivity index (χ1) is 25.6. The highest BCUT2D eigenvalue weighted by Gasteiger charge is 2.05. The van der Waals surface area contributed by atoms with E-state index >= 15 is 0 Å². The Morgan fingerprint density at radius 2 is 0.981 bits per heavy atom. The van der Waals surface area contributed by atoms with Crippen molar-refractivity contribution in [1.82, 2.24) is 0 Å². The summed E-state index contributed by atoms with van der Waals surface area (Å²) in [4.78, 5) is 10.3. The number of aryl methyl sites for hydroxylation is 1. The summed E-state index contributed by atoms with van der Waals surface area (Å²) >= 11 is 6.67. The number of halogens is 2. The molecule has 0 saturated heterocycles. The number of carbonyl (C=O) groups is 1. The number of aldehydes is 1. The third-order valence-electron chi connectivity index (χ3n) is 7.49. The fourth-order valence-electron chi connectivity index (χ4n) is 4.46. The quantitative estimate of drug-likeness (QED) is 0.0822. The molecule has 0 heterocycles. The molecule has 0 unspecified atom stereocenters. The fourth-order valence-corrected chi connectivity index (χ4v) is 6.90. The Morgan fingerprint density at radius 3 is 1.30 bits per heavy atom. The van der Waals surface area contributed by atoms with Gasteiger partial charge in [0.15, 0.2) is 0 Å². The Hall–Kier alpha value is -3.58. The number of methoxy groups -OCH3 is 2. The van der Waals surface area contributed by atoms with Crippen LogP contribution in [-0.2, 0) is 27.5 Å². The van der Waals surface area contributed by atoms with Crippen molar-refractivity contribution < 1.29 is 23.7 Å². The van der Waals surface area contributed by atoms with E-state index in [0.717, 1.165) is 32.3 Å². The highest BCUT2D eigenvalue weighted by molar-refractivity contribution is 9.28. The van der Waals surface area contributed by atoms with E-state index in [1.165, 1.54) is 16.2 Å². The summed E-state index contributed by atoms with van der Waals surface area (Å²) < 4.78 is 22.1. The molecule has 0 aliphatic carbocycles. The topological polar surface area (TPSA) is 54.0 Å². The van der Waals surface area contributed by atoms with Crippen LogP contribution in [0.15, 0.2) is 149 Å². The van der Waals surface area contributed by atoms with Gasteiger partial charge in [0.2, 0.25) is 0 Å². The summed E-state index contributed by atoms with van der Waals surface area (Å²) in [6.07, 6.45) is 2.96. The molecule has 0 aliphatic rings. The minimum Gasteiger partial charge on any atom is -0.497 e. The van der Waals surface area contributed by atoms with E-state index in [4.69, 9.17) is 18.9 Å². The lowest BCUT2D eigenvalue weighted by atomic mass is 10.2. The van der Waals surface area contributed by atoms with Gasteiger partial charge in [0, 0.05) is 5.92 Å². The van der Waals surface area contributed by atoms with Crippen LogP contribution < -0.4 is 20.1 Å². The lowest BCUT2D eigenvalue weighted by Gasteiger charge is -2.12. The third-order valence-corrected chi connectivity index (χ3v) is 10.2. The van der Waals surface area contributed by atoms with Crippen LogP contribution in [0.25, 0.3) is 0 Å². The van der Waals surface area contributed by atoms with E-state index in [9.17, 15) is 4.79 Å². The maximum absolute atomic E-state index is 10.3. The van der Waals surface area contributed by atoms with E-state index in [-0.39, 0.29) is 13.8 Å². The van der Waals surface area contributed by atoms with Crippen LogP contribution in [0.5, 0.6) is 11.5 Å². The Morgan fingerprint density at radius 1 is 0.604 bits per heavy atom. The molecule has 0 aromatic heterocycles. The molecule has 5 nitrogen and oxygen atoms in total. The summed E-state index contributed by atoms with van der Waals surface area (Å²) in [5.74, 6) is 2.04. The first kappa shape index (κ1) is 45.6. The SMILES string of the molecule is COc1ccc(COC[C@H](C)C=C(Br)Br)cc1.COc1ccc(COC[C@H](C)C=O)cc1.CP(c1ccccc1)c1ccccc1.Cc1ccccc1. The number of carbonyl (C=O) groups excluding carboxylic acids is 1. The molecule has 5 rings (SSSR count). The van der Waals surface area contributed by atoms with Gasteiger partial charge in [-0.2, -0.15) is 0 Å². The molecule has 2 atom stereocenters. The van der Waals surface area contributed by atoms with Gasteiger partial charge >= 0.3 is 0 Å². The minimum absolute atomic E-state index is 0.0387. The van der Waals surface area contributed by atoms with E-state index < -0.39 is 0 Å². The molecule has 5 aromatic rings. The Bertz CT molecular complexity index is 1630. The molecule has 0 bridgehead atoms. The van der Waals surface area contributed by atoms with Crippen molar-refractivity contribution in [3.63, 3.8) is 0 Å². The van der Waals surface area contributed by atoms with Gasteiger partial charge in [-0.1, -0.05) is 141 Å². The van der Waals surface area contributed by atoms with E-state index in [1.807, 2.05) is 73.7 Å². The highest BCUT2D eigenvalue weighted by atomic mass is 79.9. The first-order valence-electron chi connectivity index (χ1n) is 17.4. The van der Waals surface area contributed by atoms with Gasteiger partial charge in [0.1, 0.15) is 17.8 Å². The number of ether oxygens (including phenoxy) is 4. The standard InChI is InChI=1S/C13H16Br2O2.C13H13P.C12H16O3.C7H8/c1-10(7-13(14)15)8-17-9-11-3-5-12(16-2)6-4-11;1-14(12-8-4-2-5-9-12)13-10-6-3-7-11-13;1-10(7-13)8-15-9-11-3-5-12(14-2)6-4-11;1-7-5-3-2-4-6-7/h3-7,10H,8-9H2,1-2H3;2-11H,1H3;3-7,10H,8-9H2,1-2H3;2-6H,1H3/t10-;;10-;/m1.1./s1. The van der Waals surface area contributed by atoms with Gasteiger partial charge in [-0.25, -0.2) is 0 Å². The van der Waals surface area contributed by atoms with Crippen LogP contribution in [0.4, 0.5) is 0 Å². The monoisotopic (exact) mass is 862 g/mol. The van der Waals surface area contributed by atoms with Crippen LogP contribution in [0, 0.1) is 18.8 Å². The van der Waals surface area contributed by atoms with Crippen LogP contribution >= 0.6 is 39.8 Å². The zero-order valence-electron chi connectivity index (χ0n) is 31.7. The molecule has 0 radical (unpaired) electrons. The molecule has 5 aromatic carbocycles. The summed E-state index contributed by atoms with van der Waals surface area (Å²) in [5.41, 5.74) is 3.55. The molecule has 0 saturated carbocycles. The number of hydrogen-bond acceptors (Lipinski definition) is 5. The molecule has 282 valence electrons. The van der Waals surface area contributed by atoms with Crippen LogP contribution in [0.2, 0.25) is 0 Å². The van der Waals surface area contributed by atoms with Gasteiger partial charge in [-0.15, -0.1) is 0 Å². The predicted molar refractivity (Wildman–Crippen MR) is 232 cm³/mol. The number of hydrogen-bond donors (Lipinski definition) is 0. The van der Waals surface area contributed by atoms with Crippen molar-refractivity contribution in [3.8, 4) is 11.5 Å². The first-order valence-corrected chi connectivity index (χ1v) is 20.8. The second-order valence-corrected chi connectivity index (χ2v) is 17.1. The summed E-state index contributed by atoms with van der Waals surface area (Å²) in [7, 11) is 3.13. The zero-order chi connectivity index (χ0) is 38.7. The van der Waals surface area contributed by atoms with E-state index in [1.54, 1.807) is 14.2 Å². The maximum Gasteiger partial charge on any atom is 0.125 e. The van der Waals surface area contributed by atoms with Gasteiger partial charge in [-0.3, -0.25) is 0 Å². The van der Waals surface area contributed by atoms with Crippen LogP contribution in [0.3, 0.4) is 0 Å². The van der Waals surface area contributed by atoms with Gasteiger partial charge < -0.3 is 23.7 Å². The van der Waals surface area contributed by atoms with Crippen molar-refractivity contribution in [3.05, 3.63) is 166 Å². The Balaban J connectivity index is 0.000000253. The molecule has 0 aliphatic heterocycles. The largest absolute Gasteiger partial charge is 0.497 e. The number of benzene rings is 5. The van der Waals surface area contributed by atoms with Crippen molar-refractivity contribution in [2.45, 2.75) is 34.0 Å². The second kappa shape index (κ2) is 27.9. The predicted octanol–water partition coefficient (Wildman–Crippen LogP) is 11.3. The molecular formula is C45H53Br2O5P. The van der Waals surface area contributed by atoms with Crippen molar-refractivity contribution in [2.24, 2.45) is 11.8 Å².